The van der Waals surface area contributed by atoms with Crippen LogP contribution in [0.3, 0.4) is 0 Å². The summed E-state index contributed by atoms with van der Waals surface area (Å²) in [6.07, 6.45) is 3.48. The molecule has 0 bridgehead atoms. The molecule has 5 heteroatoms. The first-order valence-electron chi connectivity index (χ1n) is 4.69. The number of hydrogen-bond acceptors (Lipinski definition) is 4. The SMILES string of the molecule is CN(C)C(C)(C)COc1ncc(I)cn1. The van der Waals surface area contributed by atoms with Crippen molar-refractivity contribution in [1.29, 1.82) is 0 Å². The summed E-state index contributed by atoms with van der Waals surface area (Å²) in [4.78, 5) is 10.3. The quantitative estimate of drug-likeness (QED) is 0.793. The van der Waals surface area contributed by atoms with Gasteiger partial charge in [-0.25, -0.2) is 9.97 Å². The summed E-state index contributed by atoms with van der Waals surface area (Å²) in [6, 6.07) is 0.436. The molecule has 0 N–H and O–H groups in total. The van der Waals surface area contributed by atoms with E-state index in [2.05, 4.69) is 51.3 Å². The highest BCUT2D eigenvalue weighted by Gasteiger charge is 2.21. The van der Waals surface area contributed by atoms with Crippen molar-refractivity contribution in [3.63, 3.8) is 0 Å². The molecule has 0 amide bonds. The van der Waals surface area contributed by atoms with Crippen molar-refractivity contribution in [3.05, 3.63) is 16.0 Å². The monoisotopic (exact) mass is 321 g/mol. The van der Waals surface area contributed by atoms with Crippen LogP contribution >= 0.6 is 22.6 Å². The van der Waals surface area contributed by atoms with Gasteiger partial charge in [-0.2, -0.15) is 0 Å². The van der Waals surface area contributed by atoms with E-state index in [-0.39, 0.29) is 5.54 Å². The smallest absolute Gasteiger partial charge is 0.316 e. The zero-order chi connectivity index (χ0) is 11.5. The Morgan fingerprint density at radius 3 is 2.33 bits per heavy atom. The molecule has 15 heavy (non-hydrogen) atoms. The Morgan fingerprint density at radius 1 is 1.33 bits per heavy atom. The molecule has 0 saturated carbocycles. The van der Waals surface area contributed by atoms with E-state index in [4.69, 9.17) is 4.74 Å². The van der Waals surface area contributed by atoms with Crippen molar-refractivity contribution in [2.75, 3.05) is 20.7 Å². The van der Waals surface area contributed by atoms with Crippen molar-refractivity contribution >= 4 is 22.6 Å². The highest BCUT2D eigenvalue weighted by atomic mass is 127. The van der Waals surface area contributed by atoms with Gasteiger partial charge in [0.25, 0.3) is 0 Å². The zero-order valence-corrected chi connectivity index (χ0v) is 11.6. The molecule has 4 nitrogen and oxygen atoms in total. The van der Waals surface area contributed by atoms with E-state index >= 15 is 0 Å². The van der Waals surface area contributed by atoms with Crippen LogP contribution in [0.4, 0.5) is 0 Å². The summed E-state index contributed by atoms with van der Waals surface area (Å²) in [7, 11) is 4.05. The van der Waals surface area contributed by atoms with E-state index in [0.717, 1.165) is 3.57 Å². The Labute approximate surface area is 104 Å². The lowest BCUT2D eigenvalue weighted by molar-refractivity contribution is 0.108. The number of ether oxygens (including phenoxy) is 1. The number of aromatic nitrogens is 2. The fraction of sp³-hybridized carbons (Fsp3) is 0.600. The van der Waals surface area contributed by atoms with Crippen LogP contribution in [-0.2, 0) is 0 Å². The molecule has 1 heterocycles. The predicted octanol–water partition coefficient (Wildman–Crippen LogP) is 1.80. The Balaban J connectivity index is 2.54. The first-order chi connectivity index (χ1) is 6.92. The van der Waals surface area contributed by atoms with Crippen LogP contribution in [0.5, 0.6) is 6.01 Å². The molecule has 0 aliphatic heterocycles. The highest BCUT2D eigenvalue weighted by molar-refractivity contribution is 14.1. The highest BCUT2D eigenvalue weighted by Crippen LogP contribution is 2.12. The van der Waals surface area contributed by atoms with Crippen LogP contribution < -0.4 is 4.74 Å². The van der Waals surface area contributed by atoms with Crippen LogP contribution in [0.15, 0.2) is 12.4 Å². The molecular weight excluding hydrogens is 305 g/mol. The summed E-state index contributed by atoms with van der Waals surface area (Å²) in [6.45, 7) is 4.79. The molecule has 0 atom stereocenters. The molecule has 0 aromatic carbocycles. The Bertz CT molecular complexity index is 311. The molecule has 0 radical (unpaired) electrons. The van der Waals surface area contributed by atoms with Gasteiger partial charge in [-0.15, -0.1) is 0 Å². The van der Waals surface area contributed by atoms with Crippen LogP contribution in [0.1, 0.15) is 13.8 Å². The van der Waals surface area contributed by atoms with Gasteiger partial charge in [0.15, 0.2) is 0 Å². The number of nitrogens with zero attached hydrogens (tertiary/aromatic N) is 3. The Hall–Kier alpha value is -0.430. The number of halogens is 1. The zero-order valence-electron chi connectivity index (χ0n) is 9.49. The normalized spacial score (nSPS) is 11.9. The molecule has 0 fully saturated rings. The van der Waals surface area contributed by atoms with E-state index in [9.17, 15) is 0 Å². The molecule has 0 saturated heterocycles. The summed E-state index contributed by atoms with van der Waals surface area (Å²) >= 11 is 2.16. The number of hydrogen-bond donors (Lipinski definition) is 0. The summed E-state index contributed by atoms with van der Waals surface area (Å²) in [5.41, 5.74) is -0.0215. The fourth-order valence-electron chi connectivity index (χ4n) is 0.745. The lowest BCUT2D eigenvalue weighted by Crippen LogP contribution is -2.43. The van der Waals surface area contributed by atoms with Crippen molar-refractivity contribution in [3.8, 4) is 6.01 Å². The average Bonchev–Trinajstić information content (AvgIpc) is 2.17. The van der Waals surface area contributed by atoms with Crippen LogP contribution in [0.2, 0.25) is 0 Å². The molecule has 1 aromatic rings. The van der Waals surface area contributed by atoms with Gasteiger partial charge in [0, 0.05) is 21.5 Å². The molecule has 84 valence electrons. The minimum absolute atomic E-state index is 0.0215. The largest absolute Gasteiger partial charge is 0.462 e. The topological polar surface area (TPSA) is 38.2 Å². The standard InChI is InChI=1S/C10H16IN3O/c1-10(2,14(3)4)7-15-9-12-5-8(11)6-13-9/h5-6H,7H2,1-4H3. The Kier molecular flexibility index (Phi) is 4.27. The lowest BCUT2D eigenvalue weighted by atomic mass is 10.1. The second-order valence-corrected chi connectivity index (χ2v) is 5.43. The van der Waals surface area contributed by atoms with Gasteiger partial charge in [-0.05, 0) is 50.5 Å². The van der Waals surface area contributed by atoms with E-state index in [1.54, 1.807) is 12.4 Å². The van der Waals surface area contributed by atoms with Crippen molar-refractivity contribution in [2.45, 2.75) is 19.4 Å². The third-order valence-electron chi connectivity index (χ3n) is 2.36. The van der Waals surface area contributed by atoms with Crippen LogP contribution in [0, 0.1) is 3.57 Å². The summed E-state index contributed by atoms with van der Waals surface area (Å²) in [5.74, 6) is 0. The van der Waals surface area contributed by atoms with E-state index in [0.29, 0.717) is 12.6 Å². The van der Waals surface area contributed by atoms with Crippen molar-refractivity contribution < 1.29 is 4.74 Å². The fourth-order valence-corrected chi connectivity index (χ4v) is 1.02. The average molecular weight is 321 g/mol. The summed E-state index contributed by atoms with van der Waals surface area (Å²) < 4.78 is 6.53. The molecular formula is C10H16IN3O. The summed E-state index contributed by atoms with van der Waals surface area (Å²) in [5, 5.41) is 0. The molecule has 0 aliphatic rings. The number of likely N-dealkylation sites (N-methyl/N-ethyl adjacent to an activating group) is 1. The molecule has 0 spiro atoms. The Morgan fingerprint density at radius 2 is 1.87 bits per heavy atom. The minimum atomic E-state index is -0.0215. The van der Waals surface area contributed by atoms with Gasteiger partial charge >= 0.3 is 6.01 Å². The molecule has 1 aromatic heterocycles. The van der Waals surface area contributed by atoms with Gasteiger partial charge in [-0.1, -0.05) is 0 Å². The van der Waals surface area contributed by atoms with Crippen LogP contribution in [-0.4, -0.2) is 41.1 Å². The van der Waals surface area contributed by atoms with Gasteiger partial charge in [0.1, 0.15) is 6.61 Å². The number of rotatable bonds is 4. The minimum Gasteiger partial charge on any atom is -0.462 e. The van der Waals surface area contributed by atoms with Crippen molar-refractivity contribution in [1.82, 2.24) is 14.9 Å². The van der Waals surface area contributed by atoms with Gasteiger partial charge in [-0.3, -0.25) is 0 Å². The third kappa shape index (κ3) is 3.90. The van der Waals surface area contributed by atoms with E-state index in [1.807, 2.05) is 14.1 Å². The maximum atomic E-state index is 5.52. The van der Waals surface area contributed by atoms with Crippen molar-refractivity contribution in [2.24, 2.45) is 0 Å². The maximum absolute atomic E-state index is 5.52. The van der Waals surface area contributed by atoms with Gasteiger partial charge < -0.3 is 9.64 Å². The third-order valence-corrected chi connectivity index (χ3v) is 2.92. The van der Waals surface area contributed by atoms with E-state index < -0.39 is 0 Å². The predicted molar refractivity (Wildman–Crippen MR) is 68.0 cm³/mol. The first-order valence-corrected chi connectivity index (χ1v) is 5.77. The van der Waals surface area contributed by atoms with Gasteiger partial charge in [0.05, 0.1) is 0 Å². The van der Waals surface area contributed by atoms with E-state index in [1.165, 1.54) is 0 Å². The second kappa shape index (κ2) is 5.07. The molecule has 0 unspecified atom stereocenters. The van der Waals surface area contributed by atoms with Gasteiger partial charge in [0.2, 0.25) is 0 Å². The lowest BCUT2D eigenvalue weighted by Gasteiger charge is -2.31. The maximum Gasteiger partial charge on any atom is 0.316 e. The second-order valence-electron chi connectivity index (χ2n) is 4.18. The molecule has 0 aliphatic carbocycles. The van der Waals surface area contributed by atoms with Crippen LogP contribution in [0.25, 0.3) is 0 Å². The first kappa shape index (κ1) is 12.6. The molecule has 1 rings (SSSR count).